The molecule has 0 bridgehead atoms. The number of hydrogen-bond acceptors (Lipinski definition) is 2. The summed E-state index contributed by atoms with van der Waals surface area (Å²) >= 11 is 9.36. The van der Waals surface area contributed by atoms with Crippen molar-refractivity contribution in [2.45, 2.75) is 0 Å². The molecule has 0 spiro atoms. The summed E-state index contributed by atoms with van der Waals surface area (Å²) in [6.45, 7) is 0. The predicted octanol–water partition coefficient (Wildman–Crippen LogP) is 4.00. The first-order valence-electron chi connectivity index (χ1n) is 5.34. The van der Waals surface area contributed by atoms with Crippen molar-refractivity contribution in [3.8, 4) is 11.3 Å². The Labute approximate surface area is 117 Å². The third kappa shape index (κ3) is 1.87. The van der Waals surface area contributed by atoms with E-state index in [1.807, 2.05) is 30.3 Å². The average molecular weight is 323 g/mol. The number of benzene rings is 1. The fraction of sp³-hybridized carbons (Fsp3) is 0. The molecule has 0 aliphatic heterocycles. The number of halogens is 2. The normalized spacial score (nSPS) is 11.0. The number of fused-ring (bicyclic) bond motifs is 1. The molecule has 0 saturated heterocycles. The third-order valence-corrected chi connectivity index (χ3v) is 3.49. The van der Waals surface area contributed by atoms with E-state index in [4.69, 9.17) is 17.3 Å². The van der Waals surface area contributed by atoms with Gasteiger partial charge in [0.1, 0.15) is 17.2 Å². The second-order valence-corrected chi connectivity index (χ2v) is 5.28. The molecule has 0 saturated carbocycles. The van der Waals surface area contributed by atoms with Crippen molar-refractivity contribution in [3.05, 3.63) is 52.1 Å². The van der Waals surface area contributed by atoms with Crippen LogP contribution in [0.1, 0.15) is 0 Å². The minimum Gasteiger partial charge on any atom is -0.383 e. The molecule has 90 valence electrons. The van der Waals surface area contributed by atoms with Crippen LogP contribution in [-0.4, -0.2) is 9.38 Å². The number of pyridine rings is 1. The van der Waals surface area contributed by atoms with E-state index in [1.54, 1.807) is 16.7 Å². The molecule has 0 aliphatic carbocycles. The molecule has 3 aromatic rings. The second kappa shape index (κ2) is 4.30. The van der Waals surface area contributed by atoms with Crippen molar-refractivity contribution in [1.29, 1.82) is 0 Å². The van der Waals surface area contributed by atoms with Crippen molar-refractivity contribution in [2.75, 3.05) is 5.73 Å². The molecule has 2 N–H and O–H groups in total. The molecular formula is C13H9BrClN3. The number of nitrogen functional groups attached to an aromatic ring is 1. The highest BCUT2D eigenvalue weighted by Gasteiger charge is 2.11. The Balaban J connectivity index is 2.23. The van der Waals surface area contributed by atoms with Gasteiger partial charge in [0, 0.05) is 16.2 Å². The molecule has 0 radical (unpaired) electrons. The highest BCUT2D eigenvalue weighted by Crippen LogP contribution is 2.28. The van der Waals surface area contributed by atoms with E-state index >= 15 is 0 Å². The van der Waals surface area contributed by atoms with Gasteiger partial charge in [0.05, 0.1) is 5.02 Å². The summed E-state index contributed by atoms with van der Waals surface area (Å²) in [5.74, 6) is 0.592. The van der Waals surface area contributed by atoms with E-state index in [2.05, 4.69) is 20.9 Å². The van der Waals surface area contributed by atoms with E-state index in [0.29, 0.717) is 10.8 Å². The maximum Gasteiger partial charge on any atom is 0.139 e. The van der Waals surface area contributed by atoms with Crippen molar-refractivity contribution >= 4 is 39.0 Å². The van der Waals surface area contributed by atoms with Crippen LogP contribution in [0.2, 0.25) is 5.02 Å². The van der Waals surface area contributed by atoms with E-state index in [0.717, 1.165) is 21.4 Å². The average Bonchev–Trinajstić information content (AvgIpc) is 2.68. The van der Waals surface area contributed by atoms with Crippen LogP contribution in [0.3, 0.4) is 0 Å². The maximum absolute atomic E-state index is 6.11. The standard InChI is InChI=1S/C13H9BrClN3/c14-9-3-1-8(2-4-9)12-13(16)18-7-10(15)5-6-11(18)17-12/h1-7H,16H2. The first-order valence-corrected chi connectivity index (χ1v) is 6.51. The molecule has 0 fully saturated rings. The highest BCUT2D eigenvalue weighted by molar-refractivity contribution is 9.10. The number of imidazole rings is 1. The lowest BCUT2D eigenvalue weighted by Gasteiger charge is -1.99. The Morgan fingerprint density at radius 2 is 1.83 bits per heavy atom. The molecule has 3 nitrogen and oxygen atoms in total. The van der Waals surface area contributed by atoms with Crippen LogP contribution >= 0.6 is 27.5 Å². The summed E-state index contributed by atoms with van der Waals surface area (Å²) < 4.78 is 2.82. The predicted molar refractivity (Wildman–Crippen MR) is 77.8 cm³/mol. The van der Waals surface area contributed by atoms with Gasteiger partial charge in [0.15, 0.2) is 0 Å². The largest absolute Gasteiger partial charge is 0.383 e. The van der Waals surface area contributed by atoms with Gasteiger partial charge in [-0.15, -0.1) is 0 Å². The molecule has 0 amide bonds. The van der Waals surface area contributed by atoms with Gasteiger partial charge in [0.2, 0.25) is 0 Å². The minimum absolute atomic E-state index is 0.592. The van der Waals surface area contributed by atoms with Crippen LogP contribution in [0.15, 0.2) is 47.1 Å². The number of rotatable bonds is 1. The van der Waals surface area contributed by atoms with Crippen LogP contribution < -0.4 is 5.73 Å². The van der Waals surface area contributed by atoms with Gasteiger partial charge in [0.25, 0.3) is 0 Å². The van der Waals surface area contributed by atoms with Crippen molar-refractivity contribution in [2.24, 2.45) is 0 Å². The van der Waals surface area contributed by atoms with Gasteiger partial charge >= 0.3 is 0 Å². The third-order valence-electron chi connectivity index (χ3n) is 2.74. The lowest BCUT2D eigenvalue weighted by molar-refractivity contribution is 1.20. The zero-order valence-electron chi connectivity index (χ0n) is 9.27. The quantitative estimate of drug-likeness (QED) is 0.736. The monoisotopic (exact) mass is 321 g/mol. The Bertz CT molecular complexity index is 719. The van der Waals surface area contributed by atoms with Crippen LogP contribution in [0.4, 0.5) is 5.82 Å². The number of nitrogens with zero attached hydrogens (tertiary/aromatic N) is 2. The molecule has 0 aliphatic rings. The molecule has 2 aromatic heterocycles. The minimum atomic E-state index is 0.592. The summed E-state index contributed by atoms with van der Waals surface area (Å²) in [6.07, 6.45) is 1.77. The van der Waals surface area contributed by atoms with Crippen molar-refractivity contribution in [3.63, 3.8) is 0 Å². The van der Waals surface area contributed by atoms with Gasteiger partial charge < -0.3 is 5.73 Å². The van der Waals surface area contributed by atoms with E-state index in [1.165, 1.54) is 0 Å². The second-order valence-electron chi connectivity index (χ2n) is 3.93. The molecule has 5 heteroatoms. The fourth-order valence-corrected chi connectivity index (χ4v) is 2.28. The molecule has 2 heterocycles. The van der Waals surface area contributed by atoms with E-state index in [9.17, 15) is 0 Å². The van der Waals surface area contributed by atoms with Crippen LogP contribution in [-0.2, 0) is 0 Å². The molecule has 18 heavy (non-hydrogen) atoms. The summed E-state index contributed by atoms with van der Waals surface area (Å²) in [5.41, 5.74) is 8.65. The maximum atomic E-state index is 6.11. The summed E-state index contributed by atoms with van der Waals surface area (Å²) in [6, 6.07) is 11.5. The Kier molecular flexibility index (Phi) is 2.76. The fourth-order valence-electron chi connectivity index (χ4n) is 1.86. The van der Waals surface area contributed by atoms with Gasteiger partial charge in [-0.1, -0.05) is 39.7 Å². The zero-order valence-corrected chi connectivity index (χ0v) is 11.6. The van der Waals surface area contributed by atoms with Crippen molar-refractivity contribution in [1.82, 2.24) is 9.38 Å². The summed E-state index contributed by atoms with van der Waals surface area (Å²) in [5, 5.41) is 0.633. The van der Waals surface area contributed by atoms with Gasteiger partial charge in [-0.2, -0.15) is 0 Å². The first kappa shape index (κ1) is 11.6. The zero-order chi connectivity index (χ0) is 12.7. The summed E-state index contributed by atoms with van der Waals surface area (Å²) in [4.78, 5) is 4.52. The molecule has 0 atom stereocenters. The Morgan fingerprint density at radius 1 is 1.11 bits per heavy atom. The Morgan fingerprint density at radius 3 is 2.56 bits per heavy atom. The van der Waals surface area contributed by atoms with Gasteiger partial charge in [-0.3, -0.25) is 4.40 Å². The lowest BCUT2D eigenvalue weighted by atomic mass is 10.1. The molecular weight excluding hydrogens is 314 g/mol. The van der Waals surface area contributed by atoms with Gasteiger partial charge in [-0.25, -0.2) is 4.98 Å². The number of hydrogen-bond donors (Lipinski definition) is 1. The topological polar surface area (TPSA) is 43.3 Å². The van der Waals surface area contributed by atoms with E-state index in [-0.39, 0.29) is 0 Å². The number of aromatic nitrogens is 2. The number of nitrogens with two attached hydrogens (primary N) is 1. The lowest BCUT2D eigenvalue weighted by Crippen LogP contribution is -1.93. The van der Waals surface area contributed by atoms with Crippen LogP contribution in [0, 0.1) is 0 Å². The SMILES string of the molecule is Nc1c(-c2ccc(Br)cc2)nc2ccc(Cl)cn12. The number of anilines is 1. The molecule has 1 aromatic carbocycles. The Hall–Kier alpha value is -1.52. The van der Waals surface area contributed by atoms with E-state index < -0.39 is 0 Å². The van der Waals surface area contributed by atoms with Crippen LogP contribution in [0.5, 0.6) is 0 Å². The summed E-state index contributed by atoms with van der Waals surface area (Å²) in [7, 11) is 0. The first-order chi connectivity index (χ1) is 8.65. The smallest absolute Gasteiger partial charge is 0.139 e. The molecule has 0 unspecified atom stereocenters. The molecule has 3 rings (SSSR count). The van der Waals surface area contributed by atoms with Gasteiger partial charge in [-0.05, 0) is 24.3 Å². The van der Waals surface area contributed by atoms with Crippen molar-refractivity contribution < 1.29 is 0 Å². The van der Waals surface area contributed by atoms with Crippen LogP contribution in [0.25, 0.3) is 16.9 Å². The highest BCUT2D eigenvalue weighted by atomic mass is 79.9.